The summed E-state index contributed by atoms with van der Waals surface area (Å²) in [4.78, 5) is 35.8. The summed E-state index contributed by atoms with van der Waals surface area (Å²) in [5.74, 6) is 1.20. The number of primary amides is 1. The van der Waals surface area contributed by atoms with Crippen LogP contribution in [-0.2, 0) is 11.3 Å². The number of carbonyl (C=O) groups is 3. The van der Waals surface area contributed by atoms with E-state index in [4.69, 9.17) is 5.73 Å². The quantitative estimate of drug-likeness (QED) is 0.696. The first-order chi connectivity index (χ1) is 12.4. The Morgan fingerprint density at radius 2 is 1.73 bits per heavy atom. The van der Waals surface area contributed by atoms with Gasteiger partial charge in [-0.3, -0.25) is 14.9 Å². The third-order valence-corrected chi connectivity index (χ3v) is 6.14. The summed E-state index contributed by atoms with van der Waals surface area (Å²) in [6.45, 7) is -0.0462. The van der Waals surface area contributed by atoms with E-state index in [1.807, 2.05) is 0 Å². The summed E-state index contributed by atoms with van der Waals surface area (Å²) < 4.78 is 1.54. The number of nitrogens with two attached hydrogens (primary N) is 1. The zero-order chi connectivity index (χ0) is 18.3. The molecule has 26 heavy (non-hydrogen) atoms. The van der Waals surface area contributed by atoms with Crippen molar-refractivity contribution < 1.29 is 19.0 Å². The molecule has 0 radical (unpaired) electrons. The standard InChI is InChI=1S/C19H24N4O3/c20-17(25)15-2-1-3-23(10-15)11-16(24)21-18(26)22-19-7-12-4-13(8-19)6-14(5-12)9-19/h1-3,10,12-14H,4-9,11H2,(H3-,20,21,22,24,25,26)/p+1. The Labute approximate surface area is 152 Å². The van der Waals surface area contributed by atoms with Gasteiger partial charge in [0.15, 0.2) is 12.4 Å². The van der Waals surface area contributed by atoms with Gasteiger partial charge in [-0.05, 0) is 62.3 Å². The molecule has 0 atom stereocenters. The van der Waals surface area contributed by atoms with Crippen LogP contribution >= 0.6 is 0 Å². The fourth-order valence-electron chi connectivity index (χ4n) is 5.63. The van der Waals surface area contributed by atoms with Crippen LogP contribution in [0.15, 0.2) is 24.5 Å². The minimum absolute atomic E-state index is 0.0462. The Bertz CT molecular complexity index is 726. The molecule has 4 bridgehead atoms. The average molecular weight is 357 g/mol. The van der Waals surface area contributed by atoms with Crippen molar-refractivity contribution >= 4 is 17.8 Å². The summed E-state index contributed by atoms with van der Waals surface area (Å²) in [6.07, 6.45) is 10.2. The molecule has 4 N–H and O–H groups in total. The SMILES string of the molecule is NC(=O)c1ccc[n+](CC(=O)NC(=O)NC23CC4CC(CC(C4)C2)C3)c1. The number of nitrogens with one attached hydrogen (secondary N) is 2. The fraction of sp³-hybridized carbons (Fsp3) is 0.579. The number of hydrogen-bond donors (Lipinski definition) is 3. The van der Waals surface area contributed by atoms with E-state index in [1.54, 1.807) is 18.3 Å². The highest BCUT2D eigenvalue weighted by Crippen LogP contribution is 2.55. The maximum atomic E-state index is 12.4. The van der Waals surface area contributed by atoms with Crippen LogP contribution in [0.4, 0.5) is 4.79 Å². The molecule has 5 rings (SSSR count). The molecule has 0 unspecified atom stereocenters. The summed E-state index contributed by atoms with van der Waals surface area (Å²) in [6, 6.07) is 2.81. The van der Waals surface area contributed by atoms with Crippen LogP contribution in [0.3, 0.4) is 0 Å². The number of carbonyl (C=O) groups excluding carboxylic acids is 3. The molecule has 4 saturated carbocycles. The van der Waals surface area contributed by atoms with Gasteiger partial charge in [0.05, 0.1) is 0 Å². The normalized spacial score (nSPS) is 31.5. The molecule has 0 saturated heterocycles. The number of hydrogen-bond acceptors (Lipinski definition) is 3. The summed E-state index contributed by atoms with van der Waals surface area (Å²) in [5, 5.41) is 5.54. The number of nitrogens with zero attached hydrogens (tertiary/aromatic N) is 1. The zero-order valence-corrected chi connectivity index (χ0v) is 14.7. The molecule has 7 heteroatoms. The van der Waals surface area contributed by atoms with E-state index < -0.39 is 17.8 Å². The highest BCUT2D eigenvalue weighted by atomic mass is 16.2. The maximum absolute atomic E-state index is 12.4. The lowest BCUT2D eigenvalue weighted by atomic mass is 9.53. The molecule has 0 spiro atoms. The van der Waals surface area contributed by atoms with Gasteiger partial charge in [0.25, 0.3) is 11.8 Å². The van der Waals surface area contributed by atoms with Gasteiger partial charge in [0.1, 0.15) is 5.56 Å². The smallest absolute Gasteiger partial charge is 0.322 e. The first kappa shape index (κ1) is 17.0. The van der Waals surface area contributed by atoms with E-state index in [2.05, 4.69) is 10.6 Å². The maximum Gasteiger partial charge on any atom is 0.322 e. The summed E-state index contributed by atoms with van der Waals surface area (Å²) in [7, 11) is 0. The summed E-state index contributed by atoms with van der Waals surface area (Å²) >= 11 is 0. The number of aromatic nitrogens is 1. The Balaban J connectivity index is 1.34. The minimum atomic E-state index is -0.556. The first-order valence-electron chi connectivity index (χ1n) is 9.32. The predicted octanol–water partition coefficient (Wildman–Crippen LogP) is 0.868. The van der Waals surface area contributed by atoms with E-state index >= 15 is 0 Å². The second-order valence-electron chi connectivity index (χ2n) is 8.33. The molecule has 0 aromatic carbocycles. The number of pyridine rings is 1. The Morgan fingerprint density at radius 3 is 2.31 bits per heavy atom. The van der Waals surface area contributed by atoms with Crippen molar-refractivity contribution in [3.05, 3.63) is 30.1 Å². The lowest BCUT2D eigenvalue weighted by molar-refractivity contribution is -0.684. The number of urea groups is 1. The monoisotopic (exact) mass is 357 g/mol. The van der Waals surface area contributed by atoms with E-state index in [-0.39, 0.29) is 12.1 Å². The van der Waals surface area contributed by atoms with E-state index in [0.29, 0.717) is 5.56 Å². The molecule has 1 heterocycles. The van der Waals surface area contributed by atoms with E-state index in [9.17, 15) is 14.4 Å². The van der Waals surface area contributed by atoms with Gasteiger partial charge in [-0.15, -0.1) is 0 Å². The fourth-order valence-corrected chi connectivity index (χ4v) is 5.63. The van der Waals surface area contributed by atoms with Gasteiger partial charge in [0.2, 0.25) is 6.54 Å². The average Bonchev–Trinajstić information content (AvgIpc) is 2.52. The van der Waals surface area contributed by atoms with Gasteiger partial charge in [0, 0.05) is 11.6 Å². The van der Waals surface area contributed by atoms with Gasteiger partial charge < -0.3 is 11.1 Å². The summed E-state index contributed by atoms with van der Waals surface area (Å²) in [5.41, 5.74) is 5.43. The van der Waals surface area contributed by atoms with Crippen LogP contribution in [0.2, 0.25) is 0 Å². The number of imide groups is 1. The molecule has 1 aromatic rings. The zero-order valence-electron chi connectivity index (χ0n) is 14.7. The van der Waals surface area contributed by atoms with Crippen LogP contribution < -0.4 is 20.9 Å². The number of amides is 4. The third kappa shape index (κ3) is 3.43. The van der Waals surface area contributed by atoms with Crippen LogP contribution in [0.25, 0.3) is 0 Å². The number of rotatable bonds is 4. The van der Waals surface area contributed by atoms with Crippen molar-refractivity contribution in [2.45, 2.75) is 50.6 Å². The lowest BCUT2D eigenvalue weighted by Crippen LogP contribution is -2.62. The second kappa shape index (κ2) is 6.37. The molecular weight excluding hydrogens is 332 g/mol. The molecule has 138 valence electrons. The molecule has 0 aliphatic heterocycles. The van der Waals surface area contributed by atoms with Crippen molar-refractivity contribution in [2.24, 2.45) is 23.5 Å². The molecule has 4 aliphatic rings. The van der Waals surface area contributed by atoms with Gasteiger partial charge in [-0.25, -0.2) is 4.79 Å². The van der Waals surface area contributed by atoms with Crippen LogP contribution in [0.1, 0.15) is 48.9 Å². The molecule has 4 amide bonds. The van der Waals surface area contributed by atoms with Gasteiger partial charge in [-0.2, -0.15) is 4.57 Å². The predicted molar refractivity (Wildman–Crippen MR) is 92.7 cm³/mol. The van der Waals surface area contributed by atoms with Crippen molar-refractivity contribution in [3.8, 4) is 0 Å². The van der Waals surface area contributed by atoms with Crippen LogP contribution in [-0.4, -0.2) is 23.4 Å². The molecule has 4 aliphatic carbocycles. The Kier molecular flexibility index (Phi) is 4.17. The first-order valence-corrected chi connectivity index (χ1v) is 9.32. The topological polar surface area (TPSA) is 105 Å². The van der Waals surface area contributed by atoms with Crippen molar-refractivity contribution in [1.29, 1.82) is 0 Å². The van der Waals surface area contributed by atoms with E-state index in [1.165, 1.54) is 30.0 Å². The highest BCUT2D eigenvalue weighted by molar-refractivity contribution is 5.94. The highest BCUT2D eigenvalue weighted by Gasteiger charge is 2.51. The third-order valence-electron chi connectivity index (χ3n) is 6.14. The Morgan fingerprint density at radius 1 is 1.12 bits per heavy atom. The Hall–Kier alpha value is -2.44. The van der Waals surface area contributed by atoms with Crippen molar-refractivity contribution in [2.75, 3.05) is 0 Å². The van der Waals surface area contributed by atoms with Gasteiger partial charge in [-0.1, -0.05) is 0 Å². The minimum Gasteiger partial charge on any atom is -0.365 e. The molecule has 1 aromatic heterocycles. The lowest BCUT2D eigenvalue weighted by Gasteiger charge is -2.56. The van der Waals surface area contributed by atoms with Crippen LogP contribution in [0, 0.1) is 17.8 Å². The van der Waals surface area contributed by atoms with E-state index in [0.717, 1.165) is 37.0 Å². The molecule has 4 fully saturated rings. The van der Waals surface area contributed by atoms with Crippen molar-refractivity contribution in [3.63, 3.8) is 0 Å². The van der Waals surface area contributed by atoms with Crippen LogP contribution in [0.5, 0.6) is 0 Å². The molecule has 7 nitrogen and oxygen atoms in total. The van der Waals surface area contributed by atoms with Gasteiger partial charge >= 0.3 is 6.03 Å². The van der Waals surface area contributed by atoms with Crippen molar-refractivity contribution in [1.82, 2.24) is 10.6 Å². The second-order valence-corrected chi connectivity index (χ2v) is 8.33. The molecular formula is C19H25N4O3+. The largest absolute Gasteiger partial charge is 0.365 e.